The quantitative estimate of drug-likeness (QED) is 0.643. The van der Waals surface area contributed by atoms with Crippen LogP contribution in [0.15, 0.2) is 48.5 Å². The van der Waals surface area contributed by atoms with E-state index in [-0.39, 0.29) is 5.91 Å². The Bertz CT molecular complexity index is 731. The van der Waals surface area contributed by atoms with Gasteiger partial charge in [0.25, 0.3) is 5.91 Å². The zero-order valence-electron chi connectivity index (χ0n) is 13.5. The molecule has 0 aliphatic carbocycles. The van der Waals surface area contributed by atoms with E-state index >= 15 is 0 Å². The lowest BCUT2D eigenvalue weighted by Crippen LogP contribution is -2.17. The van der Waals surface area contributed by atoms with Crippen LogP contribution in [0, 0.1) is 18.4 Å². The van der Waals surface area contributed by atoms with Gasteiger partial charge < -0.3 is 5.32 Å². The lowest BCUT2D eigenvalue weighted by atomic mass is 10.1. The third-order valence-corrected chi connectivity index (χ3v) is 3.93. The highest BCUT2D eigenvalue weighted by Crippen LogP contribution is 2.13. The van der Waals surface area contributed by atoms with Crippen molar-refractivity contribution in [2.24, 2.45) is 0 Å². The fraction of sp³-hybridized carbons (Fsp3) is 0.211. The van der Waals surface area contributed by atoms with E-state index in [1.807, 2.05) is 55.5 Å². The summed E-state index contributed by atoms with van der Waals surface area (Å²) in [6, 6.07) is 15.3. The Balaban J connectivity index is 2.26. The Labute approximate surface area is 133 Å². The molecule has 1 N–H and O–H groups in total. The molecule has 2 nitrogen and oxygen atoms in total. The minimum Gasteiger partial charge on any atom is -0.322 e. The summed E-state index contributed by atoms with van der Waals surface area (Å²) < 4.78 is 0. The van der Waals surface area contributed by atoms with E-state index in [0.717, 1.165) is 11.3 Å². The molecule has 0 aliphatic rings. The van der Waals surface area contributed by atoms with E-state index in [4.69, 9.17) is 0 Å². The van der Waals surface area contributed by atoms with Crippen LogP contribution in [0.2, 0.25) is 19.6 Å². The van der Waals surface area contributed by atoms with Gasteiger partial charge in [-0.15, -0.1) is 5.54 Å². The fourth-order valence-electron chi connectivity index (χ4n) is 1.88. The molecule has 0 radical (unpaired) electrons. The number of rotatable bonds is 2. The van der Waals surface area contributed by atoms with Gasteiger partial charge in [0.2, 0.25) is 0 Å². The maximum Gasteiger partial charge on any atom is 0.256 e. The van der Waals surface area contributed by atoms with Gasteiger partial charge in [-0.25, -0.2) is 0 Å². The zero-order valence-corrected chi connectivity index (χ0v) is 14.5. The van der Waals surface area contributed by atoms with Crippen LogP contribution in [-0.4, -0.2) is 14.0 Å². The fourth-order valence-corrected chi connectivity index (χ4v) is 2.39. The van der Waals surface area contributed by atoms with Crippen molar-refractivity contribution in [3.8, 4) is 11.5 Å². The normalized spacial score (nSPS) is 10.5. The first-order valence-electron chi connectivity index (χ1n) is 7.35. The molecule has 0 bridgehead atoms. The Morgan fingerprint density at radius 2 is 1.64 bits per heavy atom. The first-order chi connectivity index (χ1) is 10.3. The second kappa shape index (κ2) is 6.63. The molecule has 0 aromatic heterocycles. The van der Waals surface area contributed by atoms with Crippen LogP contribution in [-0.2, 0) is 0 Å². The van der Waals surface area contributed by atoms with Crippen molar-refractivity contribution < 1.29 is 4.79 Å². The second-order valence-corrected chi connectivity index (χ2v) is 11.1. The molecule has 0 aliphatic heterocycles. The van der Waals surface area contributed by atoms with Crippen LogP contribution in [0.1, 0.15) is 21.5 Å². The summed E-state index contributed by atoms with van der Waals surface area (Å²) in [4.78, 5) is 12.5. The second-order valence-electron chi connectivity index (χ2n) is 6.37. The van der Waals surface area contributed by atoms with Crippen LogP contribution in [0.5, 0.6) is 0 Å². The van der Waals surface area contributed by atoms with Gasteiger partial charge in [-0.1, -0.05) is 55.4 Å². The predicted octanol–water partition coefficient (Wildman–Crippen LogP) is 4.48. The molecule has 2 rings (SSSR count). The summed E-state index contributed by atoms with van der Waals surface area (Å²) in [5, 5.41) is 2.93. The summed E-state index contributed by atoms with van der Waals surface area (Å²) in [6.45, 7) is 8.59. The van der Waals surface area contributed by atoms with Crippen molar-refractivity contribution in [3.05, 3.63) is 65.2 Å². The van der Waals surface area contributed by atoms with Crippen LogP contribution in [0.25, 0.3) is 0 Å². The summed E-state index contributed by atoms with van der Waals surface area (Å²) in [7, 11) is -1.47. The Morgan fingerprint density at radius 3 is 2.27 bits per heavy atom. The number of carbonyl (C=O) groups excluding carboxylic acids is 1. The monoisotopic (exact) mass is 307 g/mol. The number of hydrogen-bond acceptors (Lipinski definition) is 1. The molecule has 0 spiro atoms. The average Bonchev–Trinajstić information content (AvgIpc) is 2.47. The lowest BCUT2D eigenvalue weighted by molar-refractivity contribution is 0.102. The standard InChI is InChI=1S/C19H21NOSi/c1-15-9-11-17(12-10-15)20-19(21)18-8-6-5-7-16(18)13-14-22(2,3)4/h5-12H,1-4H3,(H,20,21). The van der Waals surface area contributed by atoms with Gasteiger partial charge in [-0.05, 0) is 31.2 Å². The number of carbonyl (C=O) groups is 1. The first kappa shape index (κ1) is 16.1. The molecule has 0 unspecified atom stereocenters. The molecule has 3 heteroatoms. The van der Waals surface area contributed by atoms with E-state index in [9.17, 15) is 4.79 Å². The summed E-state index contributed by atoms with van der Waals surface area (Å²) in [5.41, 5.74) is 6.68. The number of anilines is 1. The third kappa shape index (κ3) is 4.61. The van der Waals surface area contributed by atoms with E-state index in [2.05, 4.69) is 36.4 Å². The molecule has 0 fully saturated rings. The minimum absolute atomic E-state index is 0.121. The Morgan fingerprint density at radius 1 is 1.00 bits per heavy atom. The molecular weight excluding hydrogens is 286 g/mol. The SMILES string of the molecule is Cc1ccc(NC(=O)c2ccccc2C#C[Si](C)(C)C)cc1. The maximum absolute atomic E-state index is 12.5. The van der Waals surface area contributed by atoms with Gasteiger partial charge >= 0.3 is 0 Å². The van der Waals surface area contributed by atoms with Crippen LogP contribution >= 0.6 is 0 Å². The van der Waals surface area contributed by atoms with Gasteiger partial charge in [0.15, 0.2) is 0 Å². The number of amides is 1. The molecule has 2 aromatic rings. The summed E-state index contributed by atoms with van der Waals surface area (Å²) in [5.74, 6) is 3.06. The van der Waals surface area contributed by atoms with Crippen LogP contribution < -0.4 is 5.32 Å². The summed E-state index contributed by atoms with van der Waals surface area (Å²) >= 11 is 0. The molecule has 1 amide bonds. The van der Waals surface area contributed by atoms with Crippen molar-refractivity contribution >= 4 is 19.7 Å². The number of benzene rings is 2. The van der Waals surface area contributed by atoms with E-state index in [1.54, 1.807) is 0 Å². The van der Waals surface area contributed by atoms with Crippen molar-refractivity contribution in [1.82, 2.24) is 0 Å². The minimum atomic E-state index is -1.47. The highest BCUT2D eigenvalue weighted by atomic mass is 28.3. The van der Waals surface area contributed by atoms with E-state index < -0.39 is 8.07 Å². The Kier molecular flexibility index (Phi) is 4.84. The van der Waals surface area contributed by atoms with Gasteiger partial charge in [0.1, 0.15) is 8.07 Å². The highest BCUT2D eigenvalue weighted by Gasteiger charge is 2.11. The third-order valence-electron chi connectivity index (χ3n) is 3.05. The molecule has 0 saturated carbocycles. The number of aryl methyl sites for hydroxylation is 1. The number of hydrogen-bond donors (Lipinski definition) is 1. The van der Waals surface area contributed by atoms with Crippen molar-refractivity contribution in [2.45, 2.75) is 26.6 Å². The maximum atomic E-state index is 12.5. The molecule has 112 valence electrons. The van der Waals surface area contributed by atoms with Crippen LogP contribution in [0.4, 0.5) is 5.69 Å². The molecule has 0 heterocycles. The largest absolute Gasteiger partial charge is 0.322 e. The smallest absolute Gasteiger partial charge is 0.256 e. The zero-order chi connectivity index (χ0) is 16.2. The Hall–Kier alpha value is -2.31. The molecule has 2 aromatic carbocycles. The molecule has 0 saturated heterocycles. The van der Waals surface area contributed by atoms with E-state index in [0.29, 0.717) is 5.56 Å². The van der Waals surface area contributed by atoms with Gasteiger partial charge in [-0.2, -0.15) is 0 Å². The molecule has 22 heavy (non-hydrogen) atoms. The van der Waals surface area contributed by atoms with E-state index in [1.165, 1.54) is 5.56 Å². The van der Waals surface area contributed by atoms with Crippen molar-refractivity contribution in [1.29, 1.82) is 0 Å². The van der Waals surface area contributed by atoms with Gasteiger partial charge in [-0.3, -0.25) is 4.79 Å². The molecule has 0 atom stereocenters. The summed E-state index contributed by atoms with van der Waals surface area (Å²) in [6.07, 6.45) is 0. The number of nitrogens with one attached hydrogen (secondary N) is 1. The van der Waals surface area contributed by atoms with Crippen molar-refractivity contribution in [3.63, 3.8) is 0 Å². The van der Waals surface area contributed by atoms with Gasteiger partial charge in [0, 0.05) is 11.3 Å². The highest BCUT2D eigenvalue weighted by molar-refractivity contribution is 6.83. The first-order valence-corrected chi connectivity index (χ1v) is 10.9. The van der Waals surface area contributed by atoms with Crippen molar-refractivity contribution in [2.75, 3.05) is 5.32 Å². The van der Waals surface area contributed by atoms with Crippen LogP contribution in [0.3, 0.4) is 0 Å². The topological polar surface area (TPSA) is 29.1 Å². The predicted molar refractivity (Wildman–Crippen MR) is 95.8 cm³/mol. The molecular formula is C19H21NOSi. The average molecular weight is 307 g/mol. The lowest BCUT2D eigenvalue weighted by Gasteiger charge is -2.08. The van der Waals surface area contributed by atoms with Gasteiger partial charge in [0.05, 0.1) is 5.56 Å².